The van der Waals surface area contributed by atoms with E-state index in [1.807, 2.05) is 19.1 Å². The second-order valence-electron chi connectivity index (χ2n) is 5.24. The number of hydrogen-bond donors (Lipinski definition) is 0. The van der Waals surface area contributed by atoms with Crippen molar-refractivity contribution in [3.63, 3.8) is 0 Å². The fraction of sp³-hybridized carbons (Fsp3) is 0.353. The van der Waals surface area contributed by atoms with E-state index in [0.29, 0.717) is 11.5 Å². The van der Waals surface area contributed by atoms with Crippen molar-refractivity contribution < 1.29 is 4.39 Å². The van der Waals surface area contributed by atoms with E-state index in [9.17, 15) is 4.39 Å². The zero-order valence-electron chi connectivity index (χ0n) is 12.0. The van der Waals surface area contributed by atoms with E-state index in [1.54, 1.807) is 13.1 Å². The van der Waals surface area contributed by atoms with Crippen LogP contribution in [0, 0.1) is 18.7 Å². The number of benzene rings is 1. The lowest BCUT2D eigenvalue weighted by Gasteiger charge is -2.19. The molecular weight excluding hydrogens is 237 g/mol. The number of hydrogen-bond acceptors (Lipinski definition) is 1. The molecule has 0 aromatic heterocycles. The summed E-state index contributed by atoms with van der Waals surface area (Å²) in [6.45, 7) is 6.12. The fourth-order valence-corrected chi connectivity index (χ4v) is 2.42. The Morgan fingerprint density at radius 3 is 2.68 bits per heavy atom. The molecule has 0 fully saturated rings. The summed E-state index contributed by atoms with van der Waals surface area (Å²) in [4.78, 5) is 4.32. The van der Waals surface area contributed by atoms with Crippen LogP contribution < -0.4 is 0 Å². The van der Waals surface area contributed by atoms with E-state index in [-0.39, 0.29) is 5.82 Å². The van der Waals surface area contributed by atoms with E-state index >= 15 is 0 Å². The van der Waals surface area contributed by atoms with Gasteiger partial charge in [-0.1, -0.05) is 25.1 Å². The Morgan fingerprint density at radius 2 is 2.05 bits per heavy atom. The zero-order valence-corrected chi connectivity index (χ0v) is 12.0. The summed E-state index contributed by atoms with van der Waals surface area (Å²) < 4.78 is 14.1. The number of aliphatic imine (C=N–C) groups is 1. The molecule has 0 saturated carbocycles. The van der Waals surface area contributed by atoms with Crippen LogP contribution in [0.1, 0.15) is 31.4 Å². The van der Waals surface area contributed by atoms with Gasteiger partial charge in [-0.15, -0.1) is 0 Å². The molecule has 0 saturated heterocycles. The van der Waals surface area contributed by atoms with Crippen molar-refractivity contribution in [2.45, 2.75) is 27.2 Å². The van der Waals surface area contributed by atoms with Crippen molar-refractivity contribution >= 4 is 5.71 Å². The monoisotopic (exact) mass is 257 g/mol. The van der Waals surface area contributed by atoms with E-state index in [2.05, 4.69) is 31.0 Å². The highest BCUT2D eigenvalue weighted by atomic mass is 19.1. The molecule has 1 atom stereocenters. The lowest BCUT2D eigenvalue weighted by Crippen LogP contribution is -2.13. The Kier molecular flexibility index (Phi) is 3.98. The van der Waals surface area contributed by atoms with Gasteiger partial charge in [-0.3, -0.25) is 4.99 Å². The van der Waals surface area contributed by atoms with Crippen LogP contribution in [-0.2, 0) is 0 Å². The molecule has 2 heteroatoms. The van der Waals surface area contributed by atoms with Gasteiger partial charge >= 0.3 is 0 Å². The van der Waals surface area contributed by atoms with Crippen LogP contribution in [0.4, 0.5) is 4.39 Å². The number of aryl methyl sites for hydroxylation is 1. The van der Waals surface area contributed by atoms with Crippen LogP contribution in [-0.4, -0.2) is 12.8 Å². The summed E-state index contributed by atoms with van der Waals surface area (Å²) in [5.74, 6) is 0.275. The summed E-state index contributed by atoms with van der Waals surface area (Å²) in [7, 11) is 1.72. The average molecular weight is 257 g/mol. The third-order valence-corrected chi connectivity index (χ3v) is 3.53. The van der Waals surface area contributed by atoms with E-state index < -0.39 is 0 Å². The molecule has 100 valence electrons. The van der Waals surface area contributed by atoms with Gasteiger partial charge in [0.25, 0.3) is 0 Å². The molecule has 1 aliphatic carbocycles. The highest BCUT2D eigenvalue weighted by Crippen LogP contribution is 2.27. The molecule has 1 aliphatic rings. The van der Waals surface area contributed by atoms with Gasteiger partial charge < -0.3 is 0 Å². The molecule has 0 bridgehead atoms. The molecular formula is C17H20FN. The normalized spacial score (nSPS) is 20.1. The first-order valence-corrected chi connectivity index (χ1v) is 6.65. The summed E-state index contributed by atoms with van der Waals surface area (Å²) in [6.07, 6.45) is 5.44. The average Bonchev–Trinajstić information content (AvgIpc) is 2.36. The smallest absolute Gasteiger partial charge is 0.132 e. The molecule has 0 N–H and O–H groups in total. The van der Waals surface area contributed by atoms with Crippen molar-refractivity contribution in [1.29, 1.82) is 0 Å². The predicted molar refractivity (Wildman–Crippen MR) is 79.2 cm³/mol. The predicted octanol–water partition coefficient (Wildman–Crippen LogP) is 4.47. The second kappa shape index (κ2) is 5.52. The van der Waals surface area contributed by atoms with Gasteiger partial charge in [-0.05, 0) is 55.0 Å². The number of rotatable bonds is 2. The maximum Gasteiger partial charge on any atom is 0.132 e. The number of halogens is 1. The van der Waals surface area contributed by atoms with Crippen LogP contribution in [0.25, 0.3) is 0 Å². The Morgan fingerprint density at radius 1 is 1.32 bits per heavy atom. The Labute approximate surface area is 114 Å². The van der Waals surface area contributed by atoms with Crippen LogP contribution in [0.3, 0.4) is 0 Å². The first-order valence-electron chi connectivity index (χ1n) is 6.65. The van der Waals surface area contributed by atoms with E-state index in [1.165, 1.54) is 5.57 Å². The van der Waals surface area contributed by atoms with Crippen molar-refractivity contribution in [3.05, 3.63) is 58.4 Å². The highest BCUT2D eigenvalue weighted by molar-refractivity contribution is 6.15. The Balaban J connectivity index is 2.49. The quantitative estimate of drug-likeness (QED) is 0.693. The van der Waals surface area contributed by atoms with Gasteiger partial charge in [0.2, 0.25) is 0 Å². The van der Waals surface area contributed by atoms with Crippen LogP contribution >= 0.6 is 0 Å². The third kappa shape index (κ3) is 2.83. The zero-order chi connectivity index (χ0) is 14.0. The Bertz CT molecular complexity index is 579. The molecule has 2 rings (SSSR count). The fourth-order valence-electron chi connectivity index (χ4n) is 2.42. The van der Waals surface area contributed by atoms with Crippen molar-refractivity contribution in [2.75, 3.05) is 7.05 Å². The summed E-state index contributed by atoms with van der Waals surface area (Å²) >= 11 is 0. The van der Waals surface area contributed by atoms with Crippen LogP contribution in [0.15, 0.2) is 46.5 Å². The van der Waals surface area contributed by atoms with Gasteiger partial charge in [0.15, 0.2) is 0 Å². The van der Waals surface area contributed by atoms with Crippen LogP contribution in [0.2, 0.25) is 0 Å². The van der Waals surface area contributed by atoms with Gasteiger partial charge in [-0.25, -0.2) is 4.39 Å². The van der Waals surface area contributed by atoms with Gasteiger partial charge in [0.05, 0.1) is 5.71 Å². The standard InChI is InChI=1S/C17H20FN/c1-11-5-7-13(3)15(9-11)17(19-4)14-8-6-12(2)10-16(14)18/h6-11H,5H2,1-4H3. The first-order chi connectivity index (χ1) is 9.02. The number of nitrogens with zero attached hydrogens (tertiary/aromatic N) is 1. The van der Waals surface area contributed by atoms with Gasteiger partial charge in [0.1, 0.15) is 5.82 Å². The topological polar surface area (TPSA) is 12.4 Å². The summed E-state index contributed by atoms with van der Waals surface area (Å²) in [6, 6.07) is 5.31. The SMILES string of the molecule is CN=C(C1=CC(C)CC=C1C)c1ccc(C)cc1F. The second-order valence-corrected chi connectivity index (χ2v) is 5.24. The van der Waals surface area contributed by atoms with Crippen molar-refractivity contribution in [2.24, 2.45) is 10.9 Å². The summed E-state index contributed by atoms with van der Waals surface area (Å²) in [5, 5.41) is 0. The summed E-state index contributed by atoms with van der Waals surface area (Å²) in [5.41, 5.74) is 4.50. The lowest BCUT2D eigenvalue weighted by molar-refractivity contribution is 0.624. The minimum absolute atomic E-state index is 0.201. The molecule has 1 aromatic carbocycles. The maximum absolute atomic E-state index is 14.1. The molecule has 0 heterocycles. The van der Waals surface area contributed by atoms with Crippen LogP contribution in [0.5, 0.6) is 0 Å². The van der Waals surface area contributed by atoms with Gasteiger partial charge in [-0.2, -0.15) is 0 Å². The highest BCUT2D eigenvalue weighted by Gasteiger charge is 2.18. The van der Waals surface area contributed by atoms with Gasteiger partial charge in [0, 0.05) is 12.6 Å². The molecule has 1 aromatic rings. The van der Waals surface area contributed by atoms with E-state index in [0.717, 1.165) is 23.3 Å². The molecule has 0 spiro atoms. The number of allylic oxidation sites excluding steroid dienone is 4. The van der Waals surface area contributed by atoms with E-state index in [4.69, 9.17) is 0 Å². The molecule has 19 heavy (non-hydrogen) atoms. The third-order valence-electron chi connectivity index (χ3n) is 3.53. The molecule has 0 aliphatic heterocycles. The largest absolute Gasteiger partial charge is 0.287 e. The van der Waals surface area contributed by atoms with Crippen molar-refractivity contribution in [1.82, 2.24) is 0 Å². The Hall–Kier alpha value is -1.70. The maximum atomic E-state index is 14.1. The minimum Gasteiger partial charge on any atom is -0.287 e. The molecule has 1 nitrogen and oxygen atoms in total. The van der Waals surface area contributed by atoms with Crippen molar-refractivity contribution in [3.8, 4) is 0 Å². The molecule has 1 unspecified atom stereocenters. The lowest BCUT2D eigenvalue weighted by atomic mass is 9.87. The molecule has 0 amide bonds. The minimum atomic E-state index is -0.201. The first kappa shape index (κ1) is 13.7. The molecule has 0 radical (unpaired) electrons.